The molecule has 0 unspecified atom stereocenters. The van der Waals surface area contributed by atoms with E-state index in [1.807, 2.05) is 0 Å². The molecule has 0 spiro atoms. The van der Waals surface area contributed by atoms with E-state index >= 15 is 0 Å². The highest BCUT2D eigenvalue weighted by Gasteiger charge is 1.93. The molecule has 0 bridgehead atoms. The standard InChI is InChI=1S/C7H10N2O.2ClH/c8-6-1-5(4-10)2-7(9)3-6;;/h1-3,10H,4,8-9H2;2*1H. The number of nitrogen functional groups attached to an aromatic ring is 2. The summed E-state index contributed by atoms with van der Waals surface area (Å²) >= 11 is 0. The Kier molecular flexibility index (Phi) is 6.89. The first-order chi connectivity index (χ1) is 4.72. The first-order valence-corrected chi connectivity index (χ1v) is 2.98. The van der Waals surface area contributed by atoms with Crippen molar-refractivity contribution in [1.82, 2.24) is 0 Å². The van der Waals surface area contributed by atoms with Gasteiger partial charge in [-0.25, -0.2) is 0 Å². The van der Waals surface area contributed by atoms with E-state index in [0.29, 0.717) is 11.4 Å². The topological polar surface area (TPSA) is 72.3 Å². The van der Waals surface area contributed by atoms with Crippen LogP contribution in [0.25, 0.3) is 0 Å². The van der Waals surface area contributed by atoms with Gasteiger partial charge in [0.25, 0.3) is 0 Å². The third-order valence-electron chi connectivity index (χ3n) is 1.22. The van der Waals surface area contributed by atoms with Crippen LogP contribution in [0.1, 0.15) is 5.56 Å². The molecule has 70 valence electrons. The zero-order valence-electron chi connectivity index (χ0n) is 6.36. The summed E-state index contributed by atoms with van der Waals surface area (Å²) in [6.45, 7) is -0.0186. The molecule has 0 amide bonds. The summed E-state index contributed by atoms with van der Waals surface area (Å²) in [7, 11) is 0. The van der Waals surface area contributed by atoms with Crippen molar-refractivity contribution in [1.29, 1.82) is 0 Å². The van der Waals surface area contributed by atoms with Gasteiger partial charge in [-0.05, 0) is 23.8 Å². The van der Waals surface area contributed by atoms with Crippen molar-refractivity contribution in [2.24, 2.45) is 0 Å². The summed E-state index contributed by atoms with van der Waals surface area (Å²) in [6.07, 6.45) is 0. The lowest BCUT2D eigenvalue weighted by Crippen LogP contribution is -1.93. The summed E-state index contributed by atoms with van der Waals surface area (Å²) in [5, 5.41) is 8.68. The van der Waals surface area contributed by atoms with Crippen LogP contribution in [-0.4, -0.2) is 5.11 Å². The Hall–Kier alpha value is -0.640. The van der Waals surface area contributed by atoms with Crippen molar-refractivity contribution < 1.29 is 5.11 Å². The smallest absolute Gasteiger partial charge is 0.0683 e. The Morgan fingerprint density at radius 2 is 1.42 bits per heavy atom. The lowest BCUT2D eigenvalue weighted by molar-refractivity contribution is 0.282. The molecule has 1 aromatic carbocycles. The van der Waals surface area contributed by atoms with Gasteiger partial charge in [-0.2, -0.15) is 0 Å². The van der Waals surface area contributed by atoms with Crippen LogP contribution in [-0.2, 0) is 6.61 Å². The molecule has 0 atom stereocenters. The molecule has 0 heterocycles. The molecule has 0 saturated carbocycles. The summed E-state index contributed by atoms with van der Waals surface area (Å²) in [6, 6.07) is 5.03. The van der Waals surface area contributed by atoms with E-state index in [4.69, 9.17) is 16.6 Å². The van der Waals surface area contributed by atoms with Gasteiger partial charge in [-0.3, -0.25) is 0 Å². The van der Waals surface area contributed by atoms with E-state index in [2.05, 4.69) is 0 Å². The Morgan fingerprint density at radius 3 is 1.75 bits per heavy atom. The van der Waals surface area contributed by atoms with Crippen molar-refractivity contribution in [3.63, 3.8) is 0 Å². The van der Waals surface area contributed by atoms with Crippen LogP contribution in [0.5, 0.6) is 0 Å². The second-order valence-electron chi connectivity index (χ2n) is 2.17. The van der Waals surface area contributed by atoms with E-state index in [1.165, 1.54) is 0 Å². The number of hydrogen-bond acceptors (Lipinski definition) is 3. The van der Waals surface area contributed by atoms with Crippen LogP contribution >= 0.6 is 24.8 Å². The van der Waals surface area contributed by atoms with Crippen LogP contribution in [0.4, 0.5) is 11.4 Å². The third kappa shape index (κ3) is 3.67. The van der Waals surface area contributed by atoms with Crippen molar-refractivity contribution >= 4 is 36.2 Å². The average Bonchev–Trinajstić information content (AvgIpc) is 1.85. The minimum Gasteiger partial charge on any atom is -0.399 e. The van der Waals surface area contributed by atoms with E-state index in [9.17, 15) is 0 Å². The van der Waals surface area contributed by atoms with Gasteiger partial charge in [0.15, 0.2) is 0 Å². The largest absolute Gasteiger partial charge is 0.399 e. The second kappa shape index (κ2) is 5.94. The maximum Gasteiger partial charge on any atom is 0.0683 e. The van der Waals surface area contributed by atoms with Crippen molar-refractivity contribution in [2.45, 2.75) is 6.61 Å². The lowest BCUT2D eigenvalue weighted by atomic mass is 10.2. The van der Waals surface area contributed by atoms with Gasteiger partial charge < -0.3 is 16.6 Å². The number of halogens is 2. The zero-order chi connectivity index (χ0) is 7.56. The zero-order valence-corrected chi connectivity index (χ0v) is 7.99. The minimum atomic E-state index is -0.0186. The monoisotopic (exact) mass is 210 g/mol. The van der Waals surface area contributed by atoms with Crippen molar-refractivity contribution in [2.75, 3.05) is 11.5 Å². The van der Waals surface area contributed by atoms with Gasteiger partial charge in [0.2, 0.25) is 0 Å². The first kappa shape index (κ1) is 13.9. The van der Waals surface area contributed by atoms with Crippen LogP contribution < -0.4 is 11.5 Å². The summed E-state index contributed by atoms with van der Waals surface area (Å²) < 4.78 is 0. The molecular weight excluding hydrogens is 199 g/mol. The first-order valence-electron chi connectivity index (χ1n) is 2.98. The van der Waals surface area contributed by atoms with Gasteiger partial charge in [0, 0.05) is 11.4 Å². The van der Waals surface area contributed by atoms with E-state index in [0.717, 1.165) is 5.56 Å². The predicted molar refractivity (Wildman–Crippen MR) is 55.7 cm³/mol. The highest BCUT2D eigenvalue weighted by molar-refractivity contribution is 5.85. The quantitative estimate of drug-likeness (QED) is 0.611. The Morgan fingerprint density at radius 1 is 1.00 bits per heavy atom. The minimum absolute atomic E-state index is 0. The molecule has 0 aliphatic heterocycles. The molecule has 1 aromatic rings. The average molecular weight is 211 g/mol. The summed E-state index contributed by atoms with van der Waals surface area (Å²) in [4.78, 5) is 0. The molecule has 0 fully saturated rings. The molecule has 5 N–H and O–H groups in total. The number of rotatable bonds is 1. The lowest BCUT2D eigenvalue weighted by Gasteiger charge is -1.99. The number of nitrogens with two attached hydrogens (primary N) is 2. The summed E-state index contributed by atoms with van der Waals surface area (Å²) in [5.41, 5.74) is 12.8. The van der Waals surface area contributed by atoms with Gasteiger partial charge in [-0.15, -0.1) is 24.8 Å². The molecular formula is C7H12Cl2N2O. The van der Waals surface area contributed by atoms with Gasteiger partial charge in [-0.1, -0.05) is 0 Å². The predicted octanol–water partition coefficient (Wildman–Crippen LogP) is 1.19. The van der Waals surface area contributed by atoms with Crippen molar-refractivity contribution in [3.8, 4) is 0 Å². The van der Waals surface area contributed by atoms with E-state index < -0.39 is 0 Å². The van der Waals surface area contributed by atoms with E-state index in [1.54, 1.807) is 18.2 Å². The molecule has 0 aromatic heterocycles. The fourth-order valence-corrected chi connectivity index (χ4v) is 0.837. The number of hydrogen-bond donors (Lipinski definition) is 3. The van der Waals surface area contributed by atoms with Crippen molar-refractivity contribution in [3.05, 3.63) is 23.8 Å². The normalized spacial score (nSPS) is 8.08. The highest BCUT2D eigenvalue weighted by Crippen LogP contribution is 2.12. The van der Waals surface area contributed by atoms with Crippen LogP contribution in [0.3, 0.4) is 0 Å². The molecule has 0 radical (unpaired) electrons. The summed E-state index contributed by atoms with van der Waals surface area (Å²) in [5.74, 6) is 0. The molecule has 0 aliphatic carbocycles. The molecule has 0 saturated heterocycles. The number of aliphatic hydroxyl groups excluding tert-OH is 1. The van der Waals surface area contributed by atoms with Gasteiger partial charge >= 0.3 is 0 Å². The molecule has 3 nitrogen and oxygen atoms in total. The SMILES string of the molecule is Cl.Cl.Nc1cc(N)cc(CO)c1. The Bertz CT molecular complexity index is 223. The fraction of sp³-hybridized carbons (Fsp3) is 0.143. The molecule has 12 heavy (non-hydrogen) atoms. The highest BCUT2D eigenvalue weighted by atomic mass is 35.5. The number of aliphatic hydroxyl groups is 1. The fourth-order valence-electron chi connectivity index (χ4n) is 0.837. The molecule has 5 heteroatoms. The maximum absolute atomic E-state index is 8.68. The Balaban J connectivity index is 0. The van der Waals surface area contributed by atoms with Crippen LogP contribution in [0, 0.1) is 0 Å². The Labute approximate surface area is 83.6 Å². The van der Waals surface area contributed by atoms with Gasteiger partial charge in [0.05, 0.1) is 6.61 Å². The van der Waals surface area contributed by atoms with Gasteiger partial charge in [0.1, 0.15) is 0 Å². The number of anilines is 2. The van der Waals surface area contributed by atoms with E-state index in [-0.39, 0.29) is 31.4 Å². The molecule has 1 rings (SSSR count). The molecule has 0 aliphatic rings. The third-order valence-corrected chi connectivity index (χ3v) is 1.22. The maximum atomic E-state index is 8.68. The number of benzene rings is 1. The van der Waals surface area contributed by atoms with Crippen LogP contribution in [0.15, 0.2) is 18.2 Å². The second-order valence-corrected chi connectivity index (χ2v) is 2.17. The van der Waals surface area contributed by atoms with Crippen LogP contribution in [0.2, 0.25) is 0 Å².